The lowest BCUT2D eigenvalue weighted by Gasteiger charge is -1.99. The van der Waals surface area contributed by atoms with Crippen LogP contribution in [0.25, 0.3) is 0 Å². The van der Waals surface area contributed by atoms with Crippen molar-refractivity contribution in [3.05, 3.63) is 0 Å². The summed E-state index contributed by atoms with van der Waals surface area (Å²) in [5, 5.41) is 8.04. The van der Waals surface area contributed by atoms with Crippen molar-refractivity contribution >= 4 is 11.9 Å². The second-order valence-corrected chi connectivity index (χ2v) is 1.20. The van der Waals surface area contributed by atoms with Crippen LogP contribution in [0, 0.1) is 0 Å². The number of carbonyl (C=O) groups is 2. The molecule has 0 saturated heterocycles. The molecule has 0 aliphatic rings. The molecule has 3 amide bonds. The van der Waals surface area contributed by atoms with Gasteiger partial charge in [-0.3, -0.25) is 10.2 Å². The first kappa shape index (κ1) is 7.70. The molecule has 5 N–H and O–H groups in total. The minimum atomic E-state index is -0.878. The van der Waals surface area contributed by atoms with Gasteiger partial charge in [0.2, 0.25) is 0 Å². The molecule has 0 aliphatic carbocycles. The second-order valence-electron chi connectivity index (χ2n) is 1.20. The molecule has 0 unspecified atom stereocenters. The Balaban J connectivity index is 3.28. The normalized spacial score (nSPS) is 8.11. The van der Waals surface area contributed by atoms with E-state index in [1.54, 1.807) is 5.43 Å². The van der Waals surface area contributed by atoms with E-state index in [0.717, 1.165) is 0 Å². The fourth-order valence-corrected chi connectivity index (χ4v) is 0.171. The van der Waals surface area contributed by atoms with E-state index in [1.165, 1.54) is 0 Å². The first-order valence-corrected chi connectivity index (χ1v) is 2.12. The van der Waals surface area contributed by atoms with Crippen LogP contribution < -0.4 is 16.6 Å². The molecular formula is C3H7N3O3. The van der Waals surface area contributed by atoms with Gasteiger partial charge in [0.05, 0.1) is 0 Å². The quantitative estimate of drug-likeness (QED) is 0.302. The molecule has 0 fully saturated rings. The van der Waals surface area contributed by atoms with E-state index in [4.69, 9.17) is 5.11 Å². The maximum Gasteiger partial charge on any atom is 0.330 e. The summed E-state index contributed by atoms with van der Waals surface area (Å²) in [6.45, 7) is -0.680. The average molecular weight is 133 g/mol. The molecule has 6 nitrogen and oxygen atoms in total. The molecule has 0 atom stereocenters. The van der Waals surface area contributed by atoms with Crippen molar-refractivity contribution in [2.45, 2.75) is 0 Å². The number of nitrogens with one attached hydrogen (secondary N) is 2. The van der Waals surface area contributed by atoms with Gasteiger partial charge in [-0.2, -0.15) is 0 Å². The van der Waals surface area contributed by atoms with Crippen LogP contribution in [0.15, 0.2) is 0 Å². The van der Waals surface area contributed by atoms with E-state index in [-0.39, 0.29) is 0 Å². The number of hydrogen-bond donors (Lipinski definition) is 4. The summed E-state index contributed by atoms with van der Waals surface area (Å²) in [5.41, 5.74) is 8.14. The molecule has 0 saturated carbocycles. The zero-order chi connectivity index (χ0) is 7.28. The Labute approximate surface area is 51.0 Å². The number of nitrogens with two attached hydrogens (primary N) is 1. The van der Waals surface area contributed by atoms with Gasteiger partial charge in [0.1, 0.15) is 6.61 Å². The van der Waals surface area contributed by atoms with Crippen molar-refractivity contribution in [2.75, 3.05) is 6.61 Å². The fraction of sp³-hybridized carbons (Fsp3) is 0.333. The van der Waals surface area contributed by atoms with Gasteiger partial charge < -0.3 is 10.8 Å². The minimum Gasteiger partial charge on any atom is -0.386 e. The van der Waals surface area contributed by atoms with E-state index in [9.17, 15) is 9.59 Å². The summed E-state index contributed by atoms with van der Waals surface area (Å²) in [5.74, 6) is -0.714. The van der Waals surface area contributed by atoms with E-state index in [0.29, 0.717) is 0 Å². The van der Waals surface area contributed by atoms with Crippen LogP contribution >= 0.6 is 0 Å². The van der Waals surface area contributed by atoms with Crippen LogP contribution in [0.5, 0.6) is 0 Å². The van der Waals surface area contributed by atoms with Gasteiger partial charge in [-0.15, -0.1) is 0 Å². The highest BCUT2D eigenvalue weighted by Gasteiger charge is 1.95. The summed E-state index contributed by atoms with van der Waals surface area (Å²) in [6.07, 6.45) is 0. The van der Waals surface area contributed by atoms with Crippen molar-refractivity contribution in [3.63, 3.8) is 0 Å². The number of carbonyl (C=O) groups excluding carboxylic acids is 2. The van der Waals surface area contributed by atoms with Gasteiger partial charge in [-0.25, -0.2) is 10.2 Å². The van der Waals surface area contributed by atoms with E-state index < -0.39 is 18.5 Å². The molecule has 0 aromatic carbocycles. The molecule has 0 heterocycles. The van der Waals surface area contributed by atoms with Gasteiger partial charge in [0.15, 0.2) is 0 Å². The van der Waals surface area contributed by atoms with Gasteiger partial charge >= 0.3 is 6.03 Å². The number of hydrazine groups is 1. The Morgan fingerprint density at radius 3 is 2.33 bits per heavy atom. The molecule has 0 spiro atoms. The van der Waals surface area contributed by atoms with Crippen LogP contribution in [-0.2, 0) is 4.79 Å². The van der Waals surface area contributed by atoms with E-state index >= 15 is 0 Å². The number of rotatable bonds is 1. The highest BCUT2D eigenvalue weighted by atomic mass is 16.3. The Kier molecular flexibility index (Phi) is 3.14. The summed E-state index contributed by atoms with van der Waals surface area (Å²) in [7, 11) is 0. The molecule has 0 aromatic heterocycles. The standard InChI is InChI=1S/C3H7N3O3/c4-3(9)6-5-2(8)1-7/h7H,1H2,(H,5,8)(H3,4,6,9). The lowest BCUT2D eigenvalue weighted by atomic mass is 10.7. The SMILES string of the molecule is NC(=O)NNC(=O)CO. The maximum absolute atomic E-state index is 10.1. The predicted octanol–water partition coefficient (Wildman–Crippen LogP) is -2.32. The number of urea groups is 1. The summed E-state index contributed by atoms with van der Waals surface area (Å²) < 4.78 is 0. The smallest absolute Gasteiger partial charge is 0.330 e. The summed E-state index contributed by atoms with van der Waals surface area (Å²) in [6, 6.07) is -0.878. The third-order valence-electron chi connectivity index (χ3n) is 0.469. The molecule has 52 valence electrons. The molecule has 0 aliphatic heterocycles. The molecule has 9 heavy (non-hydrogen) atoms. The zero-order valence-corrected chi connectivity index (χ0v) is 4.55. The van der Waals surface area contributed by atoms with Crippen molar-refractivity contribution in [2.24, 2.45) is 5.73 Å². The topological polar surface area (TPSA) is 104 Å². The Hall–Kier alpha value is -1.30. The highest BCUT2D eigenvalue weighted by molar-refractivity contribution is 5.80. The first-order chi connectivity index (χ1) is 4.16. The molecule has 6 heteroatoms. The first-order valence-electron chi connectivity index (χ1n) is 2.12. The number of primary amides is 1. The number of hydrogen-bond acceptors (Lipinski definition) is 3. The monoisotopic (exact) mass is 133 g/mol. The van der Waals surface area contributed by atoms with Gasteiger partial charge in [0.25, 0.3) is 5.91 Å². The largest absolute Gasteiger partial charge is 0.386 e. The Morgan fingerprint density at radius 1 is 1.44 bits per heavy atom. The molecule has 0 aromatic rings. The number of aliphatic hydroxyl groups is 1. The number of amides is 3. The van der Waals surface area contributed by atoms with Crippen molar-refractivity contribution < 1.29 is 14.7 Å². The Bertz CT molecular complexity index is 123. The number of aliphatic hydroxyl groups excluding tert-OH is 1. The third kappa shape index (κ3) is 4.56. The van der Waals surface area contributed by atoms with Crippen molar-refractivity contribution in [1.29, 1.82) is 0 Å². The summed E-state index contributed by atoms with van der Waals surface area (Å²) in [4.78, 5) is 19.9. The average Bonchev–Trinajstić information content (AvgIpc) is 1.83. The molecular weight excluding hydrogens is 126 g/mol. The third-order valence-corrected chi connectivity index (χ3v) is 0.469. The minimum absolute atomic E-state index is 0.680. The lowest BCUT2D eigenvalue weighted by molar-refractivity contribution is -0.124. The summed E-state index contributed by atoms with van der Waals surface area (Å²) >= 11 is 0. The van der Waals surface area contributed by atoms with Crippen LogP contribution in [0.2, 0.25) is 0 Å². The van der Waals surface area contributed by atoms with Crippen LogP contribution in [0.4, 0.5) is 4.79 Å². The predicted molar refractivity (Wildman–Crippen MR) is 27.9 cm³/mol. The lowest BCUT2D eigenvalue weighted by Crippen LogP contribution is -2.45. The van der Waals surface area contributed by atoms with Crippen molar-refractivity contribution in [1.82, 2.24) is 10.9 Å². The molecule has 0 bridgehead atoms. The van der Waals surface area contributed by atoms with Gasteiger partial charge in [0, 0.05) is 0 Å². The maximum atomic E-state index is 10.1. The highest BCUT2D eigenvalue weighted by Crippen LogP contribution is 1.55. The van der Waals surface area contributed by atoms with E-state index in [1.807, 2.05) is 5.43 Å². The molecule has 0 rings (SSSR count). The second kappa shape index (κ2) is 3.67. The Morgan fingerprint density at radius 2 is 2.00 bits per heavy atom. The van der Waals surface area contributed by atoms with Crippen LogP contribution in [0.3, 0.4) is 0 Å². The van der Waals surface area contributed by atoms with Gasteiger partial charge in [-0.05, 0) is 0 Å². The van der Waals surface area contributed by atoms with Gasteiger partial charge in [-0.1, -0.05) is 0 Å². The fourth-order valence-electron chi connectivity index (χ4n) is 0.171. The zero-order valence-electron chi connectivity index (χ0n) is 4.55. The van der Waals surface area contributed by atoms with Crippen LogP contribution in [-0.4, -0.2) is 23.7 Å². The molecule has 0 radical (unpaired) electrons. The van der Waals surface area contributed by atoms with E-state index in [2.05, 4.69) is 5.73 Å². The van der Waals surface area contributed by atoms with Crippen molar-refractivity contribution in [3.8, 4) is 0 Å². The van der Waals surface area contributed by atoms with Crippen LogP contribution in [0.1, 0.15) is 0 Å².